The second-order valence-corrected chi connectivity index (χ2v) is 12.5. The Balaban J connectivity index is 0.000000320. The molecule has 0 spiro atoms. The van der Waals surface area contributed by atoms with Crippen molar-refractivity contribution in [1.82, 2.24) is 9.88 Å². The normalized spacial score (nSPS) is 15.5. The van der Waals surface area contributed by atoms with Crippen LogP contribution in [-0.2, 0) is 0 Å². The first-order valence-corrected chi connectivity index (χ1v) is 17.2. The fourth-order valence-corrected chi connectivity index (χ4v) is 6.05. The Kier molecular flexibility index (Phi) is 15.7. The smallest absolute Gasteiger partial charge is 0.0454 e. The average molecular weight is 617 g/mol. The van der Waals surface area contributed by atoms with E-state index >= 15 is 0 Å². The fourth-order valence-electron chi connectivity index (χ4n) is 6.05. The van der Waals surface area contributed by atoms with Crippen molar-refractivity contribution < 1.29 is 0 Å². The highest BCUT2D eigenvalue weighted by Gasteiger charge is 2.23. The minimum atomic E-state index is 0.856. The SMILES string of the molecule is C=C(C)C.C=C1C(c2ccc(-c3ccc(C)nc3C)cc2C)=C/C(=C/C)C(=C)N1CC.CC.Cc1ccc(C2CCCCC2)cc1. The molecule has 2 heteroatoms. The molecular weight excluding hydrogens is 556 g/mol. The Hall–Kier alpha value is -3.91. The molecule has 0 bridgehead atoms. The minimum absolute atomic E-state index is 0.856. The van der Waals surface area contributed by atoms with Gasteiger partial charge in [0.2, 0.25) is 0 Å². The van der Waals surface area contributed by atoms with Crippen LogP contribution in [0.1, 0.15) is 113 Å². The first-order valence-electron chi connectivity index (χ1n) is 17.2. The van der Waals surface area contributed by atoms with E-state index in [2.05, 4.69) is 131 Å². The van der Waals surface area contributed by atoms with Gasteiger partial charge in [0, 0.05) is 40.5 Å². The summed E-state index contributed by atoms with van der Waals surface area (Å²) in [4.78, 5) is 6.79. The van der Waals surface area contributed by atoms with Crippen molar-refractivity contribution >= 4 is 5.57 Å². The van der Waals surface area contributed by atoms with E-state index in [1.54, 1.807) is 5.56 Å². The van der Waals surface area contributed by atoms with Crippen LogP contribution in [0.25, 0.3) is 16.7 Å². The second-order valence-electron chi connectivity index (χ2n) is 12.5. The maximum atomic E-state index is 4.60. The lowest BCUT2D eigenvalue weighted by Crippen LogP contribution is -2.26. The number of aryl methyl sites for hydroxylation is 4. The Labute approximate surface area is 282 Å². The Morgan fingerprint density at radius 3 is 1.96 bits per heavy atom. The number of aromatic nitrogens is 1. The summed E-state index contributed by atoms with van der Waals surface area (Å²) in [6.45, 7) is 33.6. The van der Waals surface area contributed by atoms with Crippen molar-refractivity contribution in [2.45, 2.75) is 107 Å². The maximum absolute atomic E-state index is 4.60. The molecule has 0 radical (unpaired) electrons. The van der Waals surface area contributed by atoms with E-state index in [-0.39, 0.29) is 0 Å². The highest BCUT2D eigenvalue weighted by atomic mass is 15.1. The monoisotopic (exact) mass is 616 g/mol. The standard InChI is InChI=1S/C25H28N2.C13H18.C4H8.C2H6/c1-8-21-15-25(20(7)27(9-2)19(21)6)23-13-11-22(14-16(23)3)24-12-10-17(4)26-18(24)5;1-11-7-9-13(10-8-11)12-5-3-2-4-6-12;1-4(2)3;1-2/h8,10-15H,6-7,9H2,1-5H3;7-10,12H,2-6H2,1H3;1H2,2-3H3;1-2H3/b21-8-;;;. The van der Waals surface area contributed by atoms with Crippen molar-refractivity contribution in [3.63, 3.8) is 0 Å². The molecule has 0 amide bonds. The molecule has 0 saturated heterocycles. The van der Waals surface area contributed by atoms with E-state index in [9.17, 15) is 0 Å². The number of benzene rings is 2. The van der Waals surface area contributed by atoms with Crippen LogP contribution in [-0.4, -0.2) is 16.4 Å². The first kappa shape index (κ1) is 38.3. The molecule has 0 atom stereocenters. The van der Waals surface area contributed by atoms with Gasteiger partial charge in [-0.15, -0.1) is 6.58 Å². The largest absolute Gasteiger partial charge is 0.342 e. The number of nitrogens with zero attached hydrogens (tertiary/aromatic N) is 2. The number of rotatable bonds is 4. The zero-order valence-electron chi connectivity index (χ0n) is 30.7. The van der Waals surface area contributed by atoms with E-state index in [1.807, 2.05) is 34.6 Å². The lowest BCUT2D eigenvalue weighted by atomic mass is 9.84. The van der Waals surface area contributed by atoms with E-state index in [0.717, 1.165) is 40.8 Å². The lowest BCUT2D eigenvalue weighted by molar-refractivity contribution is 0.443. The summed E-state index contributed by atoms with van der Waals surface area (Å²) in [6.07, 6.45) is 11.4. The number of likely N-dealkylation sites (N-methyl/N-ethyl adjacent to an activating group) is 1. The summed E-state index contributed by atoms with van der Waals surface area (Å²) in [7, 11) is 0. The number of hydrogen-bond donors (Lipinski definition) is 0. The van der Waals surface area contributed by atoms with Gasteiger partial charge in [-0.05, 0) is 114 Å². The van der Waals surface area contributed by atoms with Gasteiger partial charge in [0.25, 0.3) is 0 Å². The molecule has 1 saturated carbocycles. The van der Waals surface area contributed by atoms with Crippen molar-refractivity contribution in [1.29, 1.82) is 0 Å². The van der Waals surface area contributed by atoms with Crippen LogP contribution in [0.5, 0.6) is 0 Å². The summed E-state index contributed by atoms with van der Waals surface area (Å²) in [5, 5.41) is 0. The van der Waals surface area contributed by atoms with Crippen LogP contribution in [0.4, 0.5) is 0 Å². The molecule has 0 unspecified atom stereocenters. The van der Waals surface area contributed by atoms with E-state index in [0.29, 0.717) is 0 Å². The first-order chi connectivity index (χ1) is 22.0. The van der Waals surface area contributed by atoms with Crippen molar-refractivity contribution in [3.05, 3.63) is 143 Å². The van der Waals surface area contributed by atoms with Crippen LogP contribution in [0.15, 0.2) is 109 Å². The Bertz CT molecular complexity index is 1520. The van der Waals surface area contributed by atoms with Gasteiger partial charge in [-0.2, -0.15) is 0 Å². The molecule has 2 aromatic carbocycles. The zero-order chi connectivity index (χ0) is 34.4. The maximum Gasteiger partial charge on any atom is 0.0454 e. The second kappa shape index (κ2) is 18.9. The van der Waals surface area contributed by atoms with Gasteiger partial charge in [-0.3, -0.25) is 4.98 Å². The topological polar surface area (TPSA) is 16.1 Å². The number of hydrogen-bond acceptors (Lipinski definition) is 2. The Morgan fingerprint density at radius 2 is 1.43 bits per heavy atom. The highest BCUT2D eigenvalue weighted by molar-refractivity contribution is 5.86. The number of pyridine rings is 1. The van der Waals surface area contributed by atoms with Crippen molar-refractivity contribution in [2.24, 2.45) is 0 Å². The molecule has 1 fully saturated rings. The van der Waals surface area contributed by atoms with Crippen LogP contribution in [0, 0.1) is 27.7 Å². The third-order valence-electron chi connectivity index (χ3n) is 8.43. The molecule has 3 aromatic rings. The minimum Gasteiger partial charge on any atom is -0.342 e. The molecule has 2 aliphatic rings. The van der Waals surface area contributed by atoms with E-state index < -0.39 is 0 Å². The van der Waals surface area contributed by atoms with Crippen LogP contribution < -0.4 is 0 Å². The van der Waals surface area contributed by atoms with Gasteiger partial charge in [0.15, 0.2) is 0 Å². The average Bonchev–Trinajstić information content (AvgIpc) is 3.04. The Morgan fingerprint density at radius 1 is 0.848 bits per heavy atom. The molecule has 1 aromatic heterocycles. The molecule has 246 valence electrons. The third-order valence-corrected chi connectivity index (χ3v) is 8.43. The summed E-state index contributed by atoms with van der Waals surface area (Å²) in [6, 6.07) is 20.0. The van der Waals surface area contributed by atoms with Gasteiger partial charge in [0.1, 0.15) is 0 Å². The molecule has 1 aliphatic heterocycles. The van der Waals surface area contributed by atoms with Crippen LogP contribution in [0.2, 0.25) is 0 Å². The third kappa shape index (κ3) is 10.6. The molecule has 1 aliphatic carbocycles. The molecule has 5 rings (SSSR count). The molecule has 0 N–H and O–H groups in total. The van der Waals surface area contributed by atoms with Crippen LogP contribution in [0.3, 0.4) is 0 Å². The molecule has 46 heavy (non-hydrogen) atoms. The van der Waals surface area contributed by atoms with Gasteiger partial charge >= 0.3 is 0 Å². The fraction of sp³-hybridized carbons (Fsp3) is 0.386. The summed E-state index contributed by atoms with van der Waals surface area (Å²) >= 11 is 0. The lowest BCUT2D eigenvalue weighted by Gasteiger charge is -2.34. The molecule has 2 heterocycles. The zero-order valence-corrected chi connectivity index (χ0v) is 30.7. The van der Waals surface area contributed by atoms with Gasteiger partial charge < -0.3 is 4.90 Å². The van der Waals surface area contributed by atoms with Gasteiger partial charge in [-0.1, -0.05) is 112 Å². The van der Waals surface area contributed by atoms with E-state index in [1.165, 1.54) is 71.1 Å². The van der Waals surface area contributed by atoms with Crippen molar-refractivity contribution in [2.75, 3.05) is 6.54 Å². The quantitative estimate of drug-likeness (QED) is 0.271. The predicted octanol–water partition coefficient (Wildman–Crippen LogP) is 13.0. The molecule has 2 nitrogen and oxygen atoms in total. The van der Waals surface area contributed by atoms with Gasteiger partial charge in [0.05, 0.1) is 0 Å². The number of allylic oxidation sites excluding steroid dienone is 4. The summed E-state index contributed by atoms with van der Waals surface area (Å²) in [5.74, 6) is 0.856. The summed E-state index contributed by atoms with van der Waals surface area (Å²) in [5.41, 5.74) is 15.4. The van der Waals surface area contributed by atoms with Gasteiger partial charge in [-0.25, -0.2) is 0 Å². The predicted molar refractivity (Wildman–Crippen MR) is 205 cm³/mol. The van der Waals surface area contributed by atoms with E-state index in [4.69, 9.17) is 0 Å². The summed E-state index contributed by atoms with van der Waals surface area (Å²) < 4.78 is 0. The highest BCUT2D eigenvalue weighted by Crippen LogP contribution is 2.38. The van der Waals surface area contributed by atoms with Crippen molar-refractivity contribution in [3.8, 4) is 11.1 Å². The molecular formula is C44H60N2. The van der Waals surface area contributed by atoms with Crippen LogP contribution >= 0.6 is 0 Å².